The van der Waals surface area contributed by atoms with Crippen molar-refractivity contribution in [3.63, 3.8) is 0 Å². The van der Waals surface area contributed by atoms with Gasteiger partial charge in [0.25, 0.3) is 0 Å². The molecule has 0 aliphatic carbocycles. The lowest BCUT2D eigenvalue weighted by molar-refractivity contribution is -0.0497. The molecule has 22 heavy (non-hydrogen) atoms. The van der Waals surface area contributed by atoms with Crippen LogP contribution in [0.25, 0.3) is 0 Å². The Morgan fingerprint density at radius 2 is 1.91 bits per heavy atom. The smallest absolute Gasteiger partial charge is 0.0956 e. The third-order valence-corrected chi connectivity index (χ3v) is 5.08. The van der Waals surface area contributed by atoms with Gasteiger partial charge in [0.15, 0.2) is 0 Å². The molecule has 1 aliphatic heterocycles. The van der Waals surface area contributed by atoms with Crippen LogP contribution in [0.1, 0.15) is 23.5 Å². The summed E-state index contributed by atoms with van der Waals surface area (Å²) in [5, 5.41) is 13.8. The molecule has 0 bridgehead atoms. The third-order valence-electron chi connectivity index (χ3n) is 4.11. The van der Waals surface area contributed by atoms with Crippen LogP contribution in [0.5, 0.6) is 0 Å². The topological polar surface area (TPSA) is 54.8 Å². The minimum absolute atomic E-state index is 0. The normalized spacial score (nSPS) is 18.4. The first kappa shape index (κ1) is 20.2. The molecule has 0 amide bonds. The number of methoxy groups -OCH3 is 2. The van der Waals surface area contributed by atoms with E-state index in [1.165, 1.54) is 0 Å². The van der Waals surface area contributed by atoms with Gasteiger partial charge in [0, 0.05) is 44.8 Å². The van der Waals surface area contributed by atoms with Crippen LogP contribution in [0.15, 0.2) is 5.38 Å². The highest BCUT2D eigenvalue weighted by molar-refractivity contribution is 14.0. The van der Waals surface area contributed by atoms with Crippen LogP contribution in [-0.2, 0) is 15.9 Å². The molecule has 1 aliphatic rings. The zero-order chi connectivity index (χ0) is 15.3. The van der Waals surface area contributed by atoms with E-state index in [9.17, 15) is 5.11 Å². The van der Waals surface area contributed by atoms with E-state index in [0.29, 0.717) is 19.6 Å². The third kappa shape index (κ3) is 5.68. The Bertz CT molecular complexity index is 430. The summed E-state index contributed by atoms with van der Waals surface area (Å²) in [7, 11) is 3.43. The number of rotatable bonds is 7. The van der Waals surface area contributed by atoms with Crippen molar-refractivity contribution in [1.29, 1.82) is 0 Å². The van der Waals surface area contributed by atoms with Crippen molar-refractivity contribution in [1.82, 2.24) is 9.88 Å². The maximum Gasteiger partial charge on any atom is 0.0956 e. The van der Waals surface area contributed by atoms with Crippen LogP contribution in [0.3, 0.4) is 0 Å². The van der Waals surface area contributed by atoms with Crippen molar-refractivity contribution in [3.05, 3.63) is 16.1 Å². The quantitative estimate of drug-likeness (QED) is 0.656. The van der Waals surface area contributed by atoms with E-state index in [1.807, 2.05) is 12.3 Å². The molecule has 7 heteroatoms. The summed E-state index contributed by atoms with van der Waals surface area (Å²) in [5.74, 6) is 0. The summed E-state index contributed by atoms with van der Waals surface area (Å²) >= 11 is 1.64. The molecule has 0 spiro atoms. The Morgan fingerprint density at radius 1 is 1.32 bits per heavy atom. The number of aryl methyl sites for hydroxylation is 1. The number of aliphatic hydroxyl groups is 1. The molecule has 1 N–H and O–H groups in total. The summed E-state index contributed by atoms with van der Waals surface area (Å²) in [5.41, 5.74) is 0.419. The standard InChI is InChI=1S/C15H26N2O3S.HI/c1-12-11-21-14(16-12)8-15(18)4-6-17(7-5-15)13(9-19-2)10-20-3;/h11,13,18H,4-10H2,1-3H3;1H. The second kappa shape index (κ2) is 9.48. The molecule has 5 nitrogen and oxygen atoms in total. The van der Waals surface area contributed by atoms with Crippen LogP contribution >= 0.6 is 35.3 Å². The van der Waals surface area contributed by atoms with E-state index >= 15 is 0 Å². The van der Waals surface area contributed by atoms with Gasteiger partial charge >= 0.3 is 0 Å². The Morgan fingerprint density at radius 3 is 2.36 bits per heavy atom. The van der Waals surface area contributed by atoms with E-state index < -0.39 is 5.60 Å². The highest BCUT2D eigenvalue weighted by Gasteiger charge is 2.35. The molecule has 0 atom stereocenters. The van der Waals surface area contributed by atoms with Crippen molar-refractivity contribution in [2.24, 2.45) is 0 Å². The van der Waals surface area contributed by atoms with E-state index in [1.54, 1.807) is 25.6 Å². The summed E-state index contributed by atoms with van der Waals surface area (Å²) in [6.07, 6.45) is 2.21. The van der Waals surface area contributed by atoms with Crippen LogP contribution in [-0.4, -0.2) is 67.2 Å². The van der Waals surface area contributed by atoms with E-state index in [4.69, 9.17) is 9.47 Å². The van der Waals surface area contributed by atoms with Gasteiger partial charge in [-0.1, -0.05) is 0 Å². The van der Waals surface area contributed by atoms with Crippen molar-refractivity contribution in [2.75, 3.05) is 40.5 Å². The average molecular weight is 442 g/mol. The molecule has 2 rings (SSSR count). The lowest BCUT2D eigenvalue weighted by Crippen LogP contribution is -2.51. The number of halogens is 1. The number of piperidine rings is 1. The Balaban J connectivity index is 0.00000242. The zero-order valence-electron chi connectivity index (χ0n) is 13.6. The minimum Gasteiger partial charge on any atom is -0.389 e. The van der Waals surface area contributed by atoms with Crippen LogP contribution in [0.4, 0.5) is 0 Å². The average Bonchev–Trinajstić information content (AvgIpc) is 2.84. The van der Waals surface area contributed by atoms with Gasteiger partial charge in [0.1, 0.15) is 0 Å². The van der Waals surface area contributed by atoms with E-state index in [0.717, 1.165) is 36.6 Å². The number of ether oxygens (including phenoxy) is 2. The number of likely N-dealkylation sites (tertiary alicyclic amines) is 1. The second-order valence-corrected chi connectivity index (χ2v) is 6.83. The summed E-state index contributed by atoms with van der Waals surface area (Å²) < 4.78 is 10.5. The van der Waals surface area contributed by atoms with Crippen molar-refractivity contribution in [3.8, 4) is 0 Å². The second-order valence-electron chi connectivity index (χ2n) is 5.88. The highest BCUT2D eigenvalue weighted by Crippen LogP contribution is 2.28. The van der Waals surface area contributed by atoms with Gasteiger partial charge in [-0.15, -0.1) is 35.3 Å². The minimum atomic E-state index is -0.620. The molecule has 1 aromatic rings. The first-order valence-electron chi connectivity index (χ1n) is 7.41. The number of aromatic nitrogens is 1. The van der Waals surface area contributed by atoms with Gasteiger partial charge in [0.05, 0.1) is 29.9 Å². The van der Waals surface area contributed by atoms with Gasteiger partial charge in [-0.25, -0.2) is 4.98 Å². The molecular weight excluding hydrogens is 415 g/mol. The highest BCUT2D eigenvalue weighted by atomic mass is 127. The largest absolute Gasteiger partial charge is 0.389 e. The Labute approximate surface area is 154 Å². The predicted molar refractivity (Wildman–Crippen MR) is 99.3 cm³/mol. The molecule has 1 aromatic heterocycles. The zero-order valence-corrected chi connectivity index (χ0v) is 16.7. The summed E-state index contributed by atoms with van der Waals surface area (Å²) in [4.78, 5) is 6.82. The molecule has 0 saturated carbocycles. The van der Waals surface area contributed by atoms with Crippen LogP contribution in [0.2, 0.25) is 0 Å². The summed E-state index contributed by atoms with van der Waals surface area (Å²) in [6, 6.07) is 0.270. The lowest BCUT2D eigenvalue weighted by atomic mass is 9.88. The maximum atomic E-state index is 10.8. The molecule has 0 unspecified atom stereocenters. The molecule has 1 saturated heterocycles. The molecule has 0 aromatic carbocycles. The van der Waals surface area contributed by atoms with Crippen molar-refractivity contribution < 1.29 is 14.6 Å². The number of thiazole rings is 1. The fourth-order valence-corrected chi connectivity index (χ4v) is 3.80. The predicted octanol–water partition coefficient (Wildman–Crippen LogP) is 2.10. The van der Waals surface area contributed by atoms with Gasteiger partial charge in [-0.3, -0.25) is 4.90 Å². The van der Waals surface area contributed by atoms with Crippen LogP contribution < -0.4 is 0 Å². The molecule has 128 valence electrons. The summed E-state index contributed by atoms with van der Waals surface area (Å²) in [6.45, 7) is 5.07. The van der Waals surface area contributed by atoms with Gasteiger partial charge < -0.3 is 14.6 Å². The maximum absolute atomic E-state index is 10.8. The lowest BCUT2D eigenvalue weighted by Gasteiger charge is -2.41. The monoisotopic (exact) mass is 442 g/mol. The fourth-order valence-electron chi connectivity index (χ4n) is 2.89. The molecular formula is C15H27IN2O3S. The fraction of sp³-hybridized carbons (Fsp3) is 0.800. The SMILES string of the molecule is COCC(COC)N1CCC(O)(Cc2nc(C)cs2)CC1.I. The van der Waals surface area contributed by atoms with E-state index in [-0.39, 0.29) is 30.0 Å². The first-order chi connectivity index (χ1) is 10.1. The first-order valence-corrected chi connectivity index (χ1v) is 8.29. The number of hydrogen-bond donors (Lipinski definition) is 1. The molecule has 2 heterocycles. The number of hydrogen-bond acceptors (Lipinski definition) is 6. The van der Waals surface area contributed by atoms with Gasteiger partial charge in [-0.05, 0) is 19.8 Å². The Hall–Kier alpha value is 0.200. The van der Waals surface area contributed by atoms with Gasteiger partial charge in [0.2, 0.25) is 0 Å². The Kier molecular flexibility index (Phi) is 8.73. The van der Waals surface area contributed by atoms with Gasteiger partial charge in [-0.2, -0.15) is 0 Å². The van der Waals surface area contributed by atoms with Crippen molar-refractivity contribution in [2.45, 2.75) is 37.8 Å². The van der Waals surface area contributed by atoms with E-state index in [2.05, 4.69) is 9.88 Å². The molecule has 1 fully saturated rings. The van der Waals surface area contributed by atoms with Crippen LogP contribution in [0, 0.1) is 6.92 Å². The number of nitrogens with zero attached hydrogens (tertiary/aromatic N) is 2. The van der Waals surface area contributed by atoms with Crippen molar-refractivity contribution >= 4 is 35.3 Å². The molecule has 0 radical (unpaired) electrons.